The van der Waals surface area contributed by atoms with E-state index in [1.807, 2.05) is 0 Å². The summed E-state index contributed by atoms with van der Waals surface area (Å²) in [5, 5.41) is 5.89. The first kappa shape index (κ1) is 14.7. The molecule has 0 aromatic carbocycles. The molecule has 0 bridgehead atoms. The fourth-order valence-corrected chi connectivity index (χ4v) is 2.98. The van der Waals surface area contributed by atoms with Crippen molar-refractivity contribution >= 4 is 15.9 Å². The third kappa shape index (κ3) is 3.87. The maximum atomic E-state index is 12.2. The van der Waals surface area contributed by atoms with E-state index in [9.17, 15) is 18.0 Å². The molecular weight excluding hydrogens is 284 g/mol. The number of amides is 1. The van der Waals surface area contributed by atoms with Gasteiger partial charge in [-0.1, -0.05) is 0 Å². The molecule has 1 saturated heterocycles. The van der Waals surface area contributed by atoms with E-state index in [-0.39, 0.29) is 23.2 Å². The number of rotatable bonds is 3. The molecule has 9 heteroatoms. The molecule has 1 aliphatic rings. The zero-order chi connectivity index (χ0) is 14.8. The number of sulfonamides is 1. The molecule has 1 amide bonds. The molecule has 1 fully saturated rings. The highest BCUT2D eigenvalue weighted by molar-refractivity contribution is 7.88. The van der Waals surface area contributed by atoms with Crippen molar-refractivity contribution in [1.82, 2.24) is 19.8 Å². The van der Waals surface area contributed by atoms with Crippen LogP contribution >= 0.6 is 0 Å². The van der Waals surface area contributed by atoms with Crippen molar-refractivity contribution in [2.75, 3.05) is 19.3 Å². The maximum Gasteiger partial charge on any atom is 0.274 e. The van der Waals surface area contributed by atoms with Crippen molar-refractivity contribution in [2.24, 2.45) is 0 Å². The maximum absolute atomic E-state index is 12.2. The lowest BCUT2D eigenvalue weighted by molar-refractivity contribution is 0.0696. The van der Waals surface area contributed by atoms with Crippen molar-refractivity contribution in [2.45, 2.75) is 18.9 Å². The first-order valence-corrected chi connectivity index (χ1v) is 8.06. The lowest BCUT2D eigenvalue weighted by Crippen LogP contribution is -2.49. The largest absolute Gasteiger partial charge is 0.336 e. The average molecular weight is 300 g/mol. The molecule has 1 aromatic rings. The highest BCUT2D eigenvalue weighted by Gasteiger charge is 2.26. The Morgan fingerprint density at radius 3 is 2.85 bits per heavy atom. The second-order valence-electron chi connectivity index (χ2n) is 4.79. The Morgan fingerprint density at radius 1 is 1.50 bits per heavy atom. The molecule has 110 valence electrons. The van der Waals surface area contributed by atoms with Gasteiger partial charge in [-0.3, -0.25) is 9.59 Å². The van der Waals surface area contributed by atoms with Gasteiger partial charge in [0, 0.05) is 25.2 Å². The van der Waals surface area contributed by atoms with Crippen molar-refractivity contribution in [1.29, 1.82) is 0 Å². The summed E-state index contributed by atoms with van der Waals surface area (Å²) in [6.07, 6.45) is 2.50. The smallest absolute Gasteiger partial charge is 0.274 e. The second-order valence-corrected chi connectivity index (χ2v) is 6.57. The summed E-state index contributed by atoms with van der Waals surface area (Å²) < 4.78 is 24.9. The quantitative estimate of drug-likeness (QED) is 0.737. The van der Waals surface area contributed by atoms with Gasteiger partial charge in [-0.15, -0.1) is 0 Å². The topological polar surface area (TPSA) is 112 Å². The molecular formula is C11H16N4O4S. The third-order valence-electron chi connectivity index (χ3n) is 2.99. The van der Waals surface area contributed by atoms with E-state index in [1.54, 1.807) is 0 Å². The van der Waals surface area contributed by atoms with Crippen LogP contribution in [0.1, 0.15) is 23.3 Å². The van der Waals surface area contributed by atoms with Gasteiger partial charge in [-0.25, -0.2) is 18.2 Å². The molecule has 2 heterocycles. The Kier molecular flexibility index (Phi) is 4.19. The fraction of sp³-hybridized carbons (Fsp3) is 0.545. The van der Waals surface area contributed by atoms with Crippen molar-refractivity contribution in [3.05, 3.63) is 28.2 Å². The molecule has 0 saturated carbocycles. The van der Waals surface area contributed by atoms with Crippen LogP contribution in [0.25, 0.3) is 0 Å². The third-order valence-corrected chi connectivity index (χ3v) is 3.75. The van der Waals surface area contributed by atoms with Gasteiger partial charge in [0.1, 0.15) is 5.69 Å². The number of piperidine rings is 1. The number of carbonyl (C=O) groups is 1. The molecule has 0 spiro atoms. The van der Waals surface area contributed by atoms with Crippen LogP contribution in [0.2, 0.25) is 0 Å². The lowest BCUT2D eigenvalue weighted by Gasteiger charge is -2.32. The predicted molar refractivity (Wildman–Crippen MR) is 71.8 cm³/mol. The molecule has 20 heavy (non-hydrogen) atoms. The van der Waals surface area contributed by atoms with E-state index in [0.717, 1.165) is 6.26 Å². The number of hydrogen-bond acceptors (Lipinski definition) is 5. The summed E-state index contributed by atoms with van der Waals surface area (Å²) >= 11 is 0. The van der Waals surface area contributed by atoms with E-state index in [4.69, 9.17) is 0 Å². The zero-order valence-corrected chi connectivity index (χ0v) is 11.8. The molecule has 1 atom stereocenters. The van der Waals surface area contributed by atoms with Gasteiger partial charge in [0.2, 0.25) is 10.0 Å². The van der Waals surface area contributed by atoms with Crippen LogP contribution in [0.4, 0.5) is 0 Å². The summed E-state index contributed by atoms with van der Waals surface area (Å²) in [7, 11) is -3.29. The van der Waals surface area contributed by atoms with Crippen molar-refractivity contribution in [3.8, 4) is 0 Å². The lowest BCUT2D eigenvalue weighted by atomic mass is 10.1. The van der Waals surface area contributed by atoms with Crippen LogP contribution in [0.5, 0.6) is 0 Å². The number of aromatic amines is 1. The summed E-state index contributed by atoms with van der Waals surface area (Å²) in [6.45, 7) is 0.842. The summed E-state index contributed by atoms with van der Waals surface area (Å²) in [6, 6.07) is 2.30. The van der Waals surface area contributed by atoms with Crippen molar-refractivity contribution in [3.63, 3.8) is 0 Å². The molecule has 1 unspecified atom stereocenters. The molecule has 8 nitrogen and oxygen atoms in total. The fourth-order valence-electron chi connectivity index (χ4n) is 2.19. The molecule has 1 aromatic heterocycles. The van der Waals surface area contributed by atoms with Crippen LogP contribution in [0.15, 0.2) is 16.9 Å². The molecule has 2 rings (SSSR count). The normalized spacial score (nSPS) is 19.9. The van der Waals surface area contributed by atoms with Gasteiger partial charge in [0.05, 0.1) is 6.26 Å². The predicted octanol–water partition coefficient (Wildman–Crippen LogP) is -1.08. The van der Waals surface area contributed by atoms with Gasteiger partial charge in [-0.05, 0) is 18.9 Å². The van der Waals surface area contributed by atoms with Gasteiger partial charge < -0.3 is 4.90 Å². The number of aromatic nitrogens is 2. The average Bonchev–Trinajstić information content (AvgIpc) is 2.37. The summed E-state index contributed by atoms with van der Waals surface area (Å²) in [5.41, 5.74) is -0.235. The summed E-state index contributed by atoms with van der Waals surface area (Å²) in [5.74, 6) is -0.318. The first-order chi connectivity index (χ1) is 9.35. The SMILES string of the molecule is CS(=O)(=O)NC1CCCN(C(=O)c2ccc(=O)[nH]n2)C1. The van der Waals surface area contributed by atoms with E-state index in [0.29, 0.717) is 25.9 Å². The monoisotopic (exact) mass is 300 g/mol. The van der Waals surface area contributed by atoms with Gasteiger partial charge >= 0.3 is 0 Å². The molecule has 0 aliphatic carbocycles. The number of H-pyrrole nitrogens is 1. The number of nitrogens with zero attached hydrogens (tertiary/aromatic N) is 2. The number of nitrogens with one attached hydrogen (secondary N) is 2. The van der Waals surface area contributed by atoms with Gasteiger partial charge in [0.25, 0.3) is 11.5 Å². The van der Waals surface area contributed by atoms with Crippen LogP contribution in [0, 0.1) is 0 Å². The molecule has 1 aliphatic heterocycles. The van der Waals surface area contributed by atoms with E-state index >= 15 is 0 Å². The van der Waals surface area contributed by atoms with E-state index in [1.165, 1.54) is 17.0 Å². The molecule has 2 N–H and O–H groups in total. The Morgan fingerprint density at radius 2 is 2.25 bits per heavy atom. The second kappa shape index (κ2) is 5.71. The van der Waals surface area contributed by atoms with Crippen LogP contribution in [-0.4, -0.2) is 54.8 Å². The standard InChI is InChI=1S/C11H16N4O4S/c1-20(18,19)14-8-3-2-6-15(7-8)11(17)9-4-5-10(16)13-12-9/h4-5,8,14H,2-3,6-7H2,1H3,(H,13,16). The van der Waals surface area contributed by atoms with Gasteiger partial charge in [-0.2, -0.15) is 5.10 Å². The minimum atomic E-state index is -3.29. The number of likely N-dealkylation sites (tertiary alicyclic amines) is 1. The van der Waals surface area contributed by atoms with Gasteiger partial charge in [0.15, 0.2) is 0 Å². The van der Waals surface area contributed by atoms with Crippen LogP contribution in [-0.2, 0) is 10.0 Å². The zero-order valence-electron chi connectivity index (χ0n) is 11.0. The summed E-state index contributed by atoms with van der Waals surface area (Å²) in [4.78, 5) is 24.6. The Bertz CT molecular complexity index is 634. The van der Waals surface area contributed by atoms with Crippen molar-refractivity contribution < 1.29 is 13.2 Å². The first-order valence-electron chi connectivity index (χ1n) is 6.17. The number of carbonyl (C=O) groups excluding carboxylic acids is 1. The van der Waals surface area contributed by atoms with Crippen LogP contribution in [0.3, 0.4) is 0 Å². The highest BCUT2D eigenvalue weighted by Crippen LogP contribution is 2.13. The Labute approximate surface area is 116 Å². The van der Waals surface area contributed by atoms with Crippen LogP contribution < -0.4 is 10.3 Å². The van der Waals surface area contributed by atoms with E-state index < -0.39 is 10.0 Å². The highest BCUT2D eigenvalue weighted by atomic mass is 32.2. The number of hydrogen-bond donors (Lipinski definition) is 2. The minimum absolute atomic E-state index is 0.143. The Balaban J connectivity index is 2.07. The van der Waals surface area contributed by atoms with E-state index in [2.05, 4.69) is 14.9 Å². The minimum Gasteiger partial charge on any atom is -0.336 e. The molecule has 0 radical (unpaired) electrons. The Hall–Kier alpha value is -1.74.